The third-order valence-electron chi connectivity index (χ3n) is 2.29. The number of aliphatic hydroxyl groups is 2. The smallest absolute Gasteiger partial charge is 0.0905 e. The molecular formula is C8H16O2. The van der Waals surface area contributed by atoms with Crippen molar-refractivity contribution in [2.75, 3.05) is 6.61 Å². The van der Waals surface area contributed by atoms with Gasteiger partial charge in [-0.2, -0.15) is 0 Å². The molecule has 0 amide bonds. The van der Waals surface area contributed by atoms with Gasteiger partial charge in [0, 0.05) is 0 Å². The van der Waals surface area contributed by atoms with Crippen molar-refractivity contribution < 1.29 is 10.2 Å². The zero-order chi connectivity index (χ0) is 7.61. The van der Waals surface area contributed by atoms with Gasteiger partial charge in [-0.1, -0.05) is 13.3 Å². The molecule has 60 valence electrons. The van der Waals surface area contributed by atoms with Crippen LogP contribution in [0, 0.1) is 5.92 Å². The number of rotatable bonds is 4. The maximum atomic E-state index is 9.71. The van der Waals surface area contributed by atoms with Crippen LogP contribution < -0.4 is 0 Å². The molecule has 0 spiro atoms. The highest BCUT2D eigenvalue weighted by molar-refractivity contribution is 4.93. The van der Waals surface area contributed by atoms with Gasteiger partial charge in [0.25, 0.3) is 0 Å². The fraction of sp³-hybridized carbons (Fsp3) is 1.00. The van der Waals surface area contributed by atoms with Gasteiger partial charge >= 0.3 is 0 Å². The lowest BCUT2D eigenvalue weighted by Gasteiger charge is -2.24. The van der Waals surface area contributed by atoms with E-state index in [9.17, 15) is 5.11 Å². The Morgan fingerprint density at radius 2 is 2.10 bits per heavy atom. The Labute approximate surface area is 61.9 Å². The first kappa shape index (κ1) is 8.02. The Hall–Kier alpha value is -0.0800. The van der Waals surface area contributed by atoms with Gasteiger partial charge in [-0.25, -0.2) is 0 Å². The molecule has 1 atom stereocenters. The van der Waals surface area contributed by atoms with Gasteiger partial charge < -0.3 is 10.2 Å². The van der Waals surface area contributed by atoms with Crippen LogP contribution in [0.3, 0.4) is 0 Å². The van der Waals surface area contributed by atoms with E-state index >= 15 is 0 Å². The average molecular weight is 144 g/mol. The summed E-state index contributed by atoms with van der Waals surface area (Å²) in [4.78, 5) is 0. The minimum Gasteiger partial charge on any atom is -0.393 e. The number of aliphatic hydroxyl groups excluding tert-OH is 1. The van der Waals surface area contributed by atoms with Crippen molar-refractivity contribution in [2.45, 2.75) is 38.2 Å². The molecule has 10 heavy (non-hydrogen) atoms. The quantitative estimate of drug-likeness (QED) is 0.616. The lowest BCUT2D eigenvalue weighted by Crippen LogP contribution is -2.35. The molecule has 0 aliphatic heterocycles. The molecule has 0 bridgehead atoms. The summed E-state index contributed by atoms with van der Waals surface area (Å²) >= 11 is 0. The predicted molar refractivity (Wildman–Crippen MR) is 39.7 cm³/mol. The van der Waals surface area contributed by atoms with E-state index in [2.05, 4.69) is 0 Å². The molecule has 1 aliphatic rings. The van der Waals surface area contributed by atoms with Crippen LogP contribution >= 0.6 is 0 Å². The third kappa shape index (κ3) is 1.50. The summed E-state index contributed by atoms with van der Waals surface area (Å²) in [6, 6.07) is 0. The Morgan fingerprint density at radius 1 is 1.50 bits per heavy atom. The van der Waals surface area contributed by atoms with Crippen molar-refractivity contribution in [1.29, 1.82) is 0 Å². The largest absolute Gasteiger partial charge is 0.393 e. The van der Waals surface area contributed by atoms with Crippen LogP contribution in [0.4, 0.5) is 0 Å². The van der Waals surface area contributed by atoms with E-state index in [4.69, 9.17) is 5.11 Å². The first-order valence-electron chi connectivity index (χ1n) is 4.06. The van der Waals surface area contributed by atoms with Gasteiger partial charge in [0.1, 0.15) is 0 Å². The van der Waals surface area contributed by atoms with Crippen molar-refractivity contribution in [3.05, 3.63) is 0 Å². The summed E-state index contributed by atoms with van der Waals surface area (Å²) in [5.74, 6) is 0.387. The number of hydrogen-bond acceptors (Lipinski definition) is 2. The van der Waals surface area contributed by atoms with Crippen molar-refractivity contribution in [3.8, 4) is 0 Å². The molecule has 0 aromatic heterocycles. The van der Waals surface area contributed by atoms with Crippen LogP contribution in [0.1, 0.15) is 32.6 Å². The molecular weight excluding hydrogens is 128 g/mol. The summed E-state index contributed by atoms with van der Waals surface area (Å²) in [7, 11) is 0. The van der Waals surface area contributed by atoms with Gasteiger partial charge in [0.2, 0.25) is 0 Å². The molecule has 0 saturated heterocycles. The van der Waals surface area contributed by atoms with Crippen LogP contribution in [-0.4, -0.2) is 22.4 Å². The maximum Gasteiger partial charge on any atom is 0.0905 e. The van der Waals surface area contributed by atoms with E-state index in [1.807, 2.05) is 6.92 Å². The molecule has 2 nitrogen and oxygen atoms in total. The first-order valence-corrected chi connectivity index (χ1v) is 4.06. The summed E-state index contributed by atoms with van der Waals surface area (Å²) in [5, 5.41) is 18.6. The number of hydrogen-bond donors (Lipinski definition) is 2. The van der Waals surface area contributed by atoms with Crippen molar-refractivity contribution >= 4 is 0 Å². The van der Waals surface area contributed by atoms with Crippen LogP contribution in [0.5, 0.6) is 0 Å². The third-order valence-corrected chi connectivity index (χ3v) is 2.29. The zero-order valence-corrected chi connectivity index (χ0v) is 6.51. The fourth-order valence-electron chi connectivity index (χ4n) is 1.47. The monoisotopic (exact) mass is 144 g/mol. The highest BCUT2D eigenvalue weighted by Gasteiger charge is 2.42. The van der Waals surface area contributed by atoms with Crippen molar-refractivity contribution in [1.82, 2.24) is 0 Å². The molecule has 1 fully saturated rings. The van der Waals surface area contributed by atoms with E-state index in [-0.39, 0.29) is 6.61 Å². The molecule has 1 saturated carbocycles. The summed E-state index contributed by atoms with van der Waals surface area (Å²) in [6.07, 6.45) is 3.88. The average Bonchev–Trinajstić information content (AvgIpc) is 2.69. The Balaban J connectivity index is 2.39. The van der Waals surface area contributed by atoms with E-state index in [1.165, 1.54) is 0 Å². The highest BCUT2D eigenvalue weighted by atomic mass is 16.3. The van der Waals surface area contributed by atoms with Crippen molar-refractivity contribution in [2.24, 2.45) is 5.92 Å². The van der Waals surface area contributed by atoms with E-state index < -0.39 is 5.60 Å². The standard InChI is InChI=1S/C8H16O2/c1-2-5-8(10,6-9)7-3-4-7/h7,9-10H,2-6H2,1H3. The molecule has 0 radical (unpaired) electrons. The molecule has 1 rings (SSSR count). The van der Waals surface area contributed by atoms with Gasteiger partial charge in [0.05, 0.1) is 12.2 Å². The molecule has 0 heterocycles. The molecule has 0 aromatic carbocycles. The summed E-state index contributed by atoms with van der Waals surface area (Å²) < 4.78 is 0. The van der Waals surface area contributed by atoms with Crippen LogP contribution in [0.2, 0.25) is 0 Å². The minimum absolute atomic E-state index is 0.0640. The van der Waals surface area contributed by atoms with Crippen molar-refractivity contribution in [3.63, 3.8) is 0 Å². The normalized spacial score (nSPS) is 24.3. The zero-order valence-electron chi connectivity index (χ0n) is 6.51. The Morgan fingerprint density at radius 3 is 2.40 bits per heavy atom. The summed E-state index contributed by atoms with van der Waals surface area (Å²) in [6.45, 7) is 1.97. The second kappa shape index (κ2) is 2.89. The second-order valence-electron chi connectivity index (χ2n) is 3.29. The topological polar surface area (TPSA) is 40.5 Å². The van der Waals surface area contributed by atoms with E-state index in [1.54, 1.807) is 0 Å². The first-order chi connectivity index (χ1) is 4.73. The lowest BCUT2D eigenvalue weighted by atomic mass is 9.93. The van der Waals surface area contributed by atoms with Gasteiger partial charge in [0.15, 0.2) is 0 Å². The van der Waals surface area contributed by atoms with Crippen LogP contribution in [0.25, 0.3) is 0 Å². The molecule has 2 N–H and O–H groups in total. The second-order valence-corrected chi connectivity index (χ2v) is 3.29. The molecule has 0 aromatic rings. The Bertz CT molecular complexity index is 110. The van der Waals surface area contributed by atoms with Gasteiger partial charge in [-0.05, 0) is 25.2 Å². The van der Waals surface area contributed by atoms with Gasteiger partial charge in [-0.15, -0.1) is 0 Å². The molecule has 1 aliphatic carbocycles. The molecule has 2 heteroatoms. The minimum atomic E-state index is -0.741. The summed E-state index contributed by atoms with van der Waals surface area (Å²) in [5.41, 5.74) is -0.741. The highest BCUT2D eigenvalue weighted by Crippen LogP contribution is 2.41. The lowest BCUT2D eigenvalue weighted by molar-refractivity contribution is -0.0400. The van der Waals surface area contributed by atoms with E-state index in [0.717, 1.165) is 25.7 Å². The van der Waals surface area contributed by atoms with Gasteiger partial charge in [-0.3, -0.25) is 0 Å². The Kier molecular flexibility index (Phi) is 2.32. The van der Waals surface area contributed by atoms with Crippen LogP contribution in [0.15, 0.2) is 0 Å². The maximum absolute atomic E-state index is 9.71. The SMILES string of the molecule is CCCC(O)(CO)C1CC1. The van der Waals surface area contributed by atoms with Crippen LogP contribution in [-0.2, 0) is 0 Å². The van der Waals surface area contributed by atoms with E-state index in [0.29, 0.717) is 5.92 Å². The predicted octanol–water partition coefficient (Wildman–Crippen LogP) is 0.920. The fourth-order valence-corrected chi connectivity index (χ4v) is 1.47. The molecule has 1 unspecified atom stereocenters.